The maximum Gasteiger partial charge on any atom is 0.263 e. The SMILES string of the molecule is CCN(Nc1ccc(OC)cc1)C(=O)C(CC1CCCCC1)NC(=O)c1ccc(-n2cncn2)cc1. The van der Waals surface area contributed by atoms with Crippen LogP contribution in [-0.4, -0.2) is 51.3 Å². The average molecular weight is 491 g/mol. The molecule has 0 aliphatic heterocycles. The highest BCUT2D eigenvalue weighted by atomic mass is 16.5. The van der Waals surface area contributed by atoms with E-state index in [4.69, 9.17) is 4.74 Å². The van der Waals surface area contributed by atoms with Crippen LogP contribution >= 0.6 is 0 Å². The van der Waals surface area contributed by atoms with Gasteiger partial charge in [0.25, 0.3) is 11.8 Å². The summed E-state index contributed by atoms with van der Waals surface area (Å²) in [5, 5.41) is 8.71. The van der Waals surface area contributed by atoms with Gasteiger partial charge in [0.2, 0.25) is 0 Å². The largest absolute Gasteiger partial charge is 0.497 e. The molecule has 9 nitrogen and oxygen atoms in total. The van der Waals surface area contributed by atoms with Crippen LogP contribution in [0.2, 0.25) is 0 Å². The number of ether oxygens (including phenoxy) is 1. The van der Waals surface area contributed by atoms with Crippen molar-refractivity contribution in [3.8, 4) is 11.4 Å². The third-order valence-electron chi connectivity index (χ3n) is 6.65. The number of amides is 2. The number of rotatable bonds is 10. The summed E-state index contributed by atoms with van der Waals surface area (Å²) >= 11 is 0. The fraction of sp³-hybridized carbons (Fsp3) is 0.407. The second kappa shape index (κ2) is 12.2. The minimum Gasteiger partial charge on any atom is -0.497 e. The molecule has 0 radical (unpaired) electrons. The second-order valence-corrected chi connectivity index (χ2v) is 9.08. The van der Waals surface area contributed by atoms with E-state index < -0.39 is 6.04 Å². The van der Waals surface area contributed by atoms with Gasteiger partial charge in [-0.2, -0.15) is 5.10 Å². The summed E-state index contributed by atoms with van der Waals surface area (Å²) in [6.45, 7) is 2.37. The number of hydrogen-bond donors (Lipinski definition) is 2. The fourth-order valence-electron chi connectivity index (χ4n) is 4.63. The fourth-order valence-corrected chi connectivity index (χ4v) is 4.63. The van der Waals surface area contributed by atoms with E-state index in [2.05, 4.69) is 20.8 Å². The molecule has 2 aromatic carbocycles. The third-order valence-corrected chi connectivity index (χ3v) is 6.65. The minimum atomic E-state index is -0.624. The summed E-state index contributed by atoms with van der Waals surface area (Å²) < 4.78 is 6.85. The molecule has 190 valence electrons. The molecule has 1 unspecified atom stereocenters. The van der Waals surface area contributed by atoms with Crippen LogP contribution in [0.5, 0.6) is 5.75 Å². The van der Waals surface area contributed by atoms with E-state index in [0.29, 0.717) is 24.4 Å². The molecule has 0 bridgehead atoms. The van der Waals surface area contributed by atoms with Gasteiger partial charge in [0, 0.05) is 12.1 Å². The summed E-state index contributed by atoms with van der Waals surface area (Å²) in [6, 6.07) is 13.9. The highest BCUT2D eigenvalue weighted by molar-refractivity contribution is 5.97. The van der Waals surface area contributed by atoms with Crippen molar-refractivity contribution in [1.82, 2.24) is 25.1 Å². The molecule has 1 atom stereocenters. The number of hydrogen-bond acceptors (Lipinski definition) is 6. The molecule has 1 aromatic heterocycles. The summed E-state index contributed by atoms with van der Waals surface area (Å²) in [4.78, 5) is 30.8. The topological polar surface area (TPSA) is 101 Å². The molecule has 1 aliphatic carbocycles. The number of aromatic nitrogens is 3. The lowest BCUT2D eigenvalue weighted by Gasteiger charge is -2.31. The molecular weight excluding hydrogens is 456 g/mol. The molecule has 1 saturated carbocycles. The average Bonchev–Trinajstić information content (AvgIpc) is 3.47. The maximum absolute atomic E-state index is 13.7. The zero-order valence-corrected chi connectivity index (χ0v) is 20.9. The number of benzene rings is 2. The molecule has 1 fully saturated rings. The Balaban J connectivity index is 1.48. The van der Waals surface area contributed by atoms with Gasteiger partial charge >= 0.3 is 0 Å². The van der Waals surface area contributed by atoms with E-state index in [-0.39, 0.29) is 11.8 Å². The van der Waals surface area contributed by atoms with Crippen molar-refractivity contribution in [3.05, 3.63) is 66.7 Å². The van der Waals surface area contributed by atoms with Gasteiger partial charge in [-0.3, -0.25) is 20.0 Å². The number of hydrazine groups is 1. The molecule has 0 spiro atoms. The highest BCUT2D eigenvalue weighted by Gasteiger charge is 2.29. The number of nitrogens with one attached hydrogen (secondary N) is 2. The predicted molar refractivity (Wildman–Crippen MR) is 138 cm³/mol. The number of methoxy groups -OCH3 is 1. The van der Waals surface area contributed by atoms with Crippen LogP contribution in [0.25, 0.3) is 5.69 Å². The number of carbonyl (C=O) groups is 2. The normalized spacial score (nSPS) is 14.6. The molecule has 3 aromatic rings. The van der Waals surface area contributed by atoms with Crippen molar-refractivity contribution in [2.45, 2.75) is 51.5 Å². The minimum absolute atomic E-state index is 0.147. The van der Waals surface area contributed by atoms with Gasteiger partial charge in [-0.15, -0.1) is 0 Å². The third kappa shape index (κ3) is 6.41. The van der Waals surface area contributed by atoms with Gasteiger partial charge in [-0.25, -0.2) is 9.67 Å². The number of anilines is 1. The van der Waals surface area contributed by atoms with Crippen molar-refractivity contribution in [2.24, 2.45) is 5.92 Å². The molecule has 4 rings (SSSR count). The Kier molecular flexibility index (Phi) is 8.54. The Morgan fingerprint density at radius 2 is 1.81 bits per heavy atom. The van der Waals surface area contributed by atoms with Crippen molar-refractivity contribution in [2.75, 3.05) is 19.1 Å². The monoisotopic (exact) mass is 490 g/mol. The summed E-state index contributed by atoms with van der Waals surface area (Å²) in [7, 11) is 1.62. The van der Waals surface area contributed by atoms with Crippen molar-refractivity contribution in [1.29, 1.82) is 0 Å². The zero-order valence-electron chi connectivity index (χ0n) is 20.9. The lowest BCUT2D eigenvalue weighted by Crippen LogP contribution is -2.51. The Labute approximate surface area is 211 Å². The van der Waals surface area contributed by atoms with Crippen LogP contribution in [0.4, 0.5) is 5.69 Å². The summed E-state index contributed by atoms with van der Waals surface area (Å²) in [5.74, 6) is 0.746. The molecule has 36 heavy (non-hydrogen) atoms. The Hall–Kier alpha value is -3.88. The Morgan fingerprint density at radius 3 is 2.42 bits per heavy atom. The Morgan fingerprint density at radius 1 is 1.08 bits per heavy atom. The van der Waals surface area contributed by atoms with Crippen LogP contribution in [0.3, 0.4) is 0 Å². The smallest absolute Gasteiger partial charge is 0.263 e. The van der Waals surface area contributed by atoms with E-state index >= 15 is 0 Å². The molecule has 1 heterocycles. The first kappa shape index (κ1) is 25.2. The molecule has 0 saturated heterocycles. The van der Waals surface area contributed by atoms with Crippen LogP contribution in [0.15, 0.2) is 61.2 Å². The molecule has 2 amide bonds. The van der Waals surface area contributed by atoms with E-state index in [1.807, 2.05) is 43.3 Å². The van der Waals surface area contributed by atoms with Crippen molar-refractivity contribution < 1.29 is 14.3 Å². The van der Waals surface area contributed by atoms with E-state index in [1.165, 1.54) is 25.6 Å². The van der Waals surface area contributed by atoms with Gasteiger partial charge in [0.1, 0.15) is 24.4 Å². The zero-order chi connectivity index (χ0) is 25.3. The number of likely N-dealkylation sites (N-methyl/N-ethyl adjacent to an activating group) is 1. The van der Waals surface area contributed by atoms with Gasteiger partial charge < -0.3 is 10.1 Å². The van der Waals surface area contributed by atoms with E-state index in [9.17, 15) is 9.59 Å². The summed E-state index contributed by atoms with van der Waals surface area (Å²) in [6.07, 6.45) is 9.44. The lowest BCUT2D eigenvalue weighted by molar-refractivity contribution is -0.132. The molecule has 1 aliphatic rings. The number of nitrogens with zero attached hydrogens (tertiary/aromatic N) is 4. The molecule has 2 N–H and O–H groups in total. The van der Waals surface area contributed by atoms with Crippen LogP contribution in [0, 0.1) is 5.92 Å². The summed E-state index contributed by atoms with van der Waals surface area (Å²) in [5.41, 5.74) is 5.27. The number of carbonyl (C=O) groups excluding carboxylic acids is 2. The van der Waals surface area contributed by atoms with Gasteiger partial charge in [-0.05, 0) is 67.8 Å². The molecule has 9 heteroatoms. The van der Waals surface area contributed by atoms with E-state index in [0.717, 1.165) is 30.0 Å². The Bertz CT molecular complexity index is 1110. The van der Waals surface area contributed by atoms with Crippen molar-refractivity contribution in [3.63, 3.8) is 0 Å². The highest BCUT2D eigenvalue weighted by Crippen LogP contribution is 2.28. The predicted octanol–water partition coefficient (Wildman–Crippen LogP) is 4.22. The first-order valence-electron chi connectivity index (χ1n) is 12.6. The standard InChI is InChI=1S/C27H34N6O3/c1-3-32(31-22-11-15-24(36-2)16-12-22)27(35)25(17-20-7-5-4-6-8-20)30-26(34)21-9-13-23(14-10-21)33-19-28-18-29-33/h9-16,18-20,25,31H,3-8,17H2,1-2H3,(H,30,34). The van der Waals surface area contributed by atoms with Crippen molar-refractivity contribution >= 4 is 17.5 Å². The van der Waals surface area contributed by atoms with Crippen LogP contribution in [-0.2, 0) is 4.79 Å². The van der Waals surface area contributed by atoms with Gasteiger partial charge in [-0.1, -0.05) is 32.1 Å². The van der Waals surface area contributed by atoms with Crippen LogP contribution in [0.1, 0.15) is 55.8 Å². The lowest BCUT2D eigenvalue weighted by atomic mass is 9.84. The maximum atomic E-state index is 13.7. The van der Waals surface area contributed by atoms with Gasteiger partial charge in [0.15, 0.2) is 0 Å². The quantitative estimate of drug-likeness (QED) is 0.413. The van der Waals surface area contributed by atoms with Gasteiger partial charge in [0.05, 0.1) is 18.5 Å². The molecular formula is C27H34N6O3. The second-order valence-electron chi connectivity index (χ2n) is 9.08. The first-order chi connectivity index (χ1) is 17.6. The van der Waals surface area contributed by atoms with Crippen LogP contribution < -0.4 is 15.5 Å². The first-order valence-corrected chi connectivity index (χ1v) is 12.6. The van der Waals surface area contributed by atoms with E-state index in [1.54, 1.807) is 35.3 Å².